The lowest BCUT2D eigenvalue weighted by atomic mass is 10.1. The van der Waals surface area contributed by atoms with Gasteiger partial charge in [-0.2, -0.15) is 0 Å². The SMILES string of the molecule is COc1cccc(CN2C(=O)CN(C(=O)c3cc4cc(OC)ccc4[nH]3)C[C@@H]2COCc2ccccc2)c1. The van der Waals surface area contributed by atoms with Crippen LogP contribution in [0.5, 0.6) is 11.5 Å². The summed E-state index contributed by atoms with van der Waals surface area (Å²) in [5.41, 5.74) is 3.27. The van der Waals surface area contributed by atoms with Gasteiger partial charge < -0.3 is 29.0 Å². The van der Waals surface area contributed by atoms with Crippen molar-refractivity contribution >= 4 is 22.7 Å². The van der Waals surface area contributed by atoms with Crippen LogP contribution in [-0.4, -0.2) is 66.6 Å². The molecule has 5 rings (SSSR count). The zero-order valence-corrected chi connectivity index (χ0v) is 21.6. The number of piperazine rings is 1. The van der Waals surface area contributed by atoms with E-state index in [2.05, 4.69) is 4.98 Å². The molecule has 1 saturated heterocycles. The third-order valence-electron chi connectivity index (χ3n) is 6.77. The van der Waals surface area contributed by atoms with Crippen molar-refractivity contribution in [1.29, 1.82) is 0 Å². The van der Waals surface area contributed by atoms with Gasteiger partial charge in [0, 0.05) is 24.0 Å². The molecule has 1 aliphatic heterocycles. The van der Waals surface area contributed by atoms with Crippen molar-refractivity contribution in [3.8, 4) is 11.5 Å². The van der Waals surface area contributed by atoms with E-state index in [0.29, 0.717) is 37.7 Å². The molecule has 0 unspecified atom stereocenters. The van der Waals surface area contributed by atoms with Gasteiger partial charge in [0.25, 0.3) is 5.91 Å². The number of benzene rings is 3. The Labute approximate surface area is 221 Å². The van der Waals surface area contributed by atoms with E-state index in [1.807, 2.05) is 72.8 Å². The Morgan fingerprint density at radius 1 is 0.921 bits per heavy atom. The Balaban J connectivity index is 1.35. The molecule has 0 aliphatic carbocycles. The Hall–Kier alpha value is -4.30. The number of hydrogen-bond donors (Lipinski definition) is 1. The van der Waals surface area contributed by atoms with Gasteiger partial charge in [0.05, 0.1) is 33.5 Å². The largest absolute Gasteiger partial charge is 0.497 e. The second-order valence-electron chi connectivity index (χ2n) is 9.35. The zero-order chi connectivity index (χ0) is 26.5. The van der Waals surface area contributed by atoms with Crippen LogP contribution >= 0.6 is 0 Å². The van der Waals surface area contributed by atoms with E-state index >= 15 is 0 Å². The molecule has 0 radical (unpaired) electrons. The number of carbonyl (C=O) groups excluding carboxylic acids is 2. The summed E-state index contributed by atoms with van der Waals surface area (Å²) in [5.74, 6) is 1.10. The van der Waals surface area contributed by atoms with Crippen molar-refractivity contribution in [1.82, 2.24) is 14.8 Å². The number of rotatable bonds is 9. The van der Waals surface area contributed by atoms with Crippen LogP contribution in [0, 0.1) is 0 Å². The molecule has 2 heterocycles. The second-order valence-corrected chi connectivity index (χ2v) is 9.35. The molecule has 1 N–H and O–H groups in total. The molecule has 1 fully saturated rings. The topological polar surface area (TPSA) is 84.1 Å². The summed E-state index contributed by atoms with van der Waals surface area (Å²) >= 11 is 0. The summed E-state index contributed by atoms with van der Waals surface area (Å²) in [6, 6.07) is 24.7. The highest BCUT2D eigenvalue weighted by molar-refractivity contribution is 6.00. The van der Waals surface area contributed by atoms with Crippen LogP contribution in [0.3, 0.4) is 0 Å². The van der Waals surface area contributed by atoms with Gasteiger partial charge in [0.15, 0.2) is 0 Å². The third kappa shape index (κ3) is 5.65. The van der Waals surface area contributed by atoms with E-state index in [0.717, 1.165) is 27.8 Å². The van der Waals surface area contributed by atoms with Crippen molar-refractivity contribution in [3.05, 3.63) is 95.7 Å². The van der Waals surface area contributed by atoms with Gasteiger partial charge >= 0.3 is 0 Å². The van der Waals surface area contributed by atoms with Gasteiger partial charge in [0.2, 0.25) is 5.91 Å². The smallest absolute Gasteiger partial charge is 0.270 e. The fourth-order valence-electron chi connectivity index (χ4n) is 4.77. The van der Waals surface area contributed by atoms with Crippen LogP contribution in [-0.2, 0) is 22.7 Å². The van der Waals surface area contributed by atoms with E-state index in [-0.39, 0.29) is 24.4 Å². The van der Waals surface area contributed by atoms with Crippen LogP contribution in [0.2, 0.25) is 0 Å². The number of aromatic nitrogens is 1. The number of ether oxygens (including phenoxy) is 3. The van der Waals surface area contributed by atoms with Crippen molar-refractivity contribution in [2.75, 3.05) is 33.9 Å². The molecular weight excluding hydrogens is 482 g/mol. The lowest BCUT2D eigenvalue weighted by molar-refractivity contribution is -0.141. The molecule has 38 heavy (non-hydrogen) atoms. The van der Waals surface area contributed by atoms with Gasteiger partial charge in [-0.15, -0.1) is 0 Å². The highest BCUT2D eigenvalue weighted by Crippen LogP contribution is 2.24. The standard InChI is InChI=1S/C30H31N3O5/c1-36-25-10-6-9-22(13-25)16-33-24(20-38-19-21-7-4-3-5-8-21)17-32(18-29(33)34)30(35)28-15-23-14-26(37-2)11-12-27(23)31-28/h3-15,24,31H,16-20H2,1-2H3/t24-/m1/s1. The molecule has 1 aromatic heterocycles. The summed E-state index contributed by atoms with van der Waals surface area (Å²) < 4.78 is 16.7. The lowest BCUT2D eigenvalue weighted by Gasteiger charge is -2.41. The summed E-state index contributed by atoms with van der Waals surface area (Å²) in [6.45, 7) is 1.50. The molecule has 1 atom stereocenters. The van der Waals surface area contributed by atoms with Crippen molar-refractivity contribution in [2.24, 2.45) is 0 Å². The minimum absolute atomic E-state index is 0.00330. The van der Waals surface area contributed by atoms with Crippen LogP contribution in [0.1, 0.15) is 21.6 Å². The number of nitrogens with zero attached hydrogens (tertiary/aromatic N) is 2. The molecule has 0 saturated carbocycles. The first-order valence-electron chi connectivity index (χ1n) is 12.5. The van der Waals surface area contributed by atoms with E-state index < -0.39 is 0 Å². The number of H-pyrrole nitrogens is 1. The molecule has 0 bridgehead atoms. The van der Waals surface area contributed by atoms with Gasteiger partial charge in [-0.3, -0.25) is 9.59 Å². The Kier molecular flexibility index (Phi) is 7.60. The molecular formula is C30H31N3O5. The average Bonchev–Trinajstić information content (AvgIpc) is 3.38. The fourth-order valence-corrected chi connectivity index (χ4v) is 4.77. The van der Waals surface area contributed by atoms with Crippen molar-refractivity contribution < 1.29 is 23.8 Å². The zero-order valence-electron chi connectivity index (χ0n) is 21.6. The number of amides is 2. The molecule has 3 aromatic carbocycles. The molecule has 4 aromatic rings. The molecule has 0 spiro atoms. The summed E-state index contributed by atoms with van der Waals surface area (Å²) in [5, 5.41) is 0.874. The first-order valence-corrected chi connectivity index (χ1v) is 12.5. The maximum atomic E-state index is 13.5. The maximum Gasteiger partial charge on any atom is 0.270 e. The van der Waals surface area contributed by atoms with Crippen molar-refractivity contribution in [2.45, 2.75) is 19.2 Å². The van der Waals surface area contributed by atoms with Crippen molar-refractivity contribution in [3.63, 3.8) is 0 Å². The second kappa shape index (κ2) is 11.4. The van der Waals surface area contributed by atoms with Gasteiger partial charge in [-0.25, -0.2) is 0 Å². The highest BCUT2D eigenvalue weighted by Gasteiger charge is 2.35. The molecule has 1 aliphatic rings. The number of hydrogen-bond acceptors (Lipinski definition) is 5. The molecule has 196 valence electrons. The monoisotopic (exact) mass is 513 g/mol. The summed E-state index contributed by atoms with van der Waals surface area (Å²) in [7, 11) is 3.23. The van der Waals surface area contributed by atoms with E-state index in [4.69, 9.17) is 14.2 Å². The maximum absolute atomic E-state index is 13.5. The summed E-state index contributed by atoms with van der Waals surface area (Å²) in [4.78, 5) is 33.5. The van der Waals surface area contributed by atoms with E-state index in [9.17, 15) is 9.59 Å². The van der Waals surface area contributed by atoms with Crippen LogP contribution in [0.25, 0.3) is 10.9 Å². The van der Waals surface area contributed by atoms with Crippen LogP contribution < -0.4 is 9.47 Å². The minimum Gasteiger partial charge on any atom is -0.497 e. The quantitative estimate of drug-likeness (QED) is 0.362. The fraction of sp³-hybridized carbons (Fsp3) is 0.267. The minimum atomic E-state index is -0.306. The third-order valence-corrected chi connectivity index (χ3v) is 6.77. The predicted octanol–water partition coefficient (Wildman–Crippen LogP) is 4.26. The number of methoxy groups -OCH3 is 2. The number of fused-ring (bicyclic) bond motifs is 1. The average molecular weight is 514 g/mol. The van der Waals surface area contributed by atoms with E-state index in [1.165, 1.54) is 0 Å². The lowest BCUT2D eigenvalue weighted by Crippen LogP contribution is -2.58. The van der Waals surface area contributed by atoms with Gasteiger partial charge in [-0.05, 0) is 47.5 Å². The highest BCUT2D eigenvalue weighted by atomic mass is 16.5. The molecule has 8 nitrogen and oxygen atoms in total. The Bertz CT molecular complexity index is 1420. The number of aromatic amines is 1. The normalized spacial score (nSPS) is 15.6. The van der Waals surface area contributed by atoms with Crippen LogP contribution in [0.15, 0.2) is 78.9 Å². The van der Waals surface area contributed by atoms with Gasteiger partial charge in [0.1, 0.15) is 23.7 Å². The molecule has 8 heteroatoms. The summed E-state index contributed by atoms with van der Waals surface area (Å²) in [6.07, 6.45) is 0. The van der Waals surface area contributed by atoms with Crippen LogP contribution in [0.4, 0.5) is 0 Å². The Morgan fingerprint density at radius 2 is 1.68 bits per heavy atom. The Morgan fingerprint density at radius 3 is 2.47 bits per heavy atom. The number of nitrogens with one attached hydrogen (secondary N) is 1. The predicted molar refractivity (Wildman–Crippen MR) is 144 cm³/mol. The van der Waals surface area contributed by atoms with E-state index in [1.54, 1.807) is 30.1 Å². The van der Waals surface area contributed by atoms with Gasteiger partial charge in [-0.1, -0.05) is 42.5 Å². The number of carbonyl (C=O) groups is 2. The first kappa shape index (κ1) is 25.4. The molecule has 2 amide bonds. The first-order chi connectivity index (χ1) is 18.5.